The maximum atomic E-state index is 9.85. The van der Waals surface area contributed by atoms with Gasteiger partial charge in [-0.2, -0.15) is 0 Å². The van der Waals surface area contributed by atoms with Gasteiger partial charge in [-0.05, 0) is 30.7 Å². The van der Waals surface area contributed by atoms with E-state index in [4.69, 9.17) is 4.42 Å². The molecule has 0 spiro atoms. The van der Waals surface area contributed by atoms with Crippen molar-refractivity contribution in [1.29, 1.82) is 0 Å². The predicted octanol–water partition coefficient (Wildman–Crippen LogP) is 4.16. The quantitative estimate of drug-likeness (QED) is 0.741. The van der Waals surface area contributed by atoms with Crippen molar-refractivity contribution in [2.24, 2.45) is 5.41 Å². The molecular weight excluding hydrogens is 262 g/mol. The minimum absolute atomic E-state index is 0.0760. The average Bonchev–Trinajstić information content (AvgIpc) is 2.85. The van der Waals surface area contributed by atoms with Crippen LogP contribution in [0.4, 0.5) is 5.69 Å². The van der Waals surface area contributed by atoms with Crippen molar-refractivity contribution in [2.75, 3.05) is 5.32 Å². The second-order valence-corrected chi connectivity index (χ2v) is 6.58. The average molecular weight is 281 g/mol. The molecule has 2 unspecified atom stereocenters. The van der Waals surface area contributed by atoms with Gasteiger partial charge in [0.1, 0.15) is 11.2 Å². The summed E-state index contributed by atoms with van der Waals surface area (Å²) in [6.45, 7) is 4.20. The number of nitrogens with one attached hydrogen (secondary N) is 1. The fraction of sp³-hybridized carbons (Fsp3) is 0.333. The molecule has 1 heterocycles. The van der Waals surface area contributed by atoms with Crippen molar-refractivity contribution in [1.82, 2.24) is 0 Å². The summed E-state index contributed by atoms with van der Waals surface area (Å²) in [7, 11) is 0. The van der Waals surface area contributed by atoms with Gasteiger partial charge in [-0.3, -0.25) is 0 Å². The minimum Gasteiger partial charge on any atom is -0.456 e. The monoisotopic (exact) mass is 281 g/mol. The summed E-state index contributed by atoms with van der Waals surface area (Å²) in [4.78, 5) is 0. The zero-order valence-electron chi connectivity index (χ0n) is 12.3. The minimum atomic E-state index is -0.214. The van der Waals surface area contributed by atoms with E-state index in [-0.39, 0.29) is 11.5 Å². The van der Waals surface area contributed by atoms with Gasteiger partial charge in [0.2, 0.25) is 0 Å². The van der Waals surface area contributed by atoms with Crippen molar-refractivity contribution in [3.63, 3.8) is 0 Å². The number of hydrogen-bond donors (Lipinski definition) is 2. The van der Waals surface area contributed by atoms with Crippen molar-refractivity contribution in [3.05, 3.63) is 42.5 Å². The molecule has 4 rings (SSSR count). The summed E-state index contributed by atoms with van der Waals surface area (Å²) >= 11 is 0. The highest BCUT2D eigenvalue weighted by molar-refractivity contribution is 6.05. The Labute approximate surface area is 123 Å². The fourth-order valence-electron chi connectivity index (χ4n) is 3.16. The van der Waals surface area contributed by atoms with E-state index in [2.05, 4.69) is 31.3 Å². The Morgan fingerprint density at radius 3 is 2.62 bits per heavy atom. The molecule has 3 nitrogen and oxygen atoms in total. The van der Waals surface area contributed by atoms with Crippen LogP contribution < -0.4 is 5.32 Å². The molecule has 3 heteroatoms. The lowest BCUT2D eigenvalue weighted by Gasteiger charge is -2.49. The maximum absolute atomic E-state index is 9.85. The zero-order chi connectivity index (χ0) is 14.6. The summed E-state index contributed by atoms with van der Waals surface area (Å²) in [5.74, 6) is 0. The highest BCUT2D eigenvalue weighted by Gasteiger charge is 2.47. The third kappa shape index (κ3) is 1.84. The van der Waals surface area contributed by atoms with E-state index in [9.17, 15) is 5.11 Å². The molecule has 0 saturated heterocycles. The summed E-state index contributed by atoms with van der Waals surface area (Å²) in [5, 5.41) is 15.7. The molecule has 0 radical (unpaired) electrons. The van der Waals surface area contributed by atoms with Crippen molar-refractivity contribution in [3.8, 4) is 0 Å². The van der Waals surface area contributed by atoms with Crippen molar-refractivity contribution in [2.45, 2.75) is 32.4 Å². The summed E-state index contributed by atoms with van der Waals surface area (Å²) in [5.41, 5.74) is 2.84. The number of aliphatic hydroxyl groups is 1. The van der Waals surface area contributed by atoms with Gasteiger partial charge in [0.25, 0.3) is 0 Å². The Morgan fingerprint density at radius 2 is 1.86 bits per heavy atom. The largest absolute Gasteiger partial charge is 0.456 e. The van der Waals surface area contributed by atoms with Gasteiger partial charge in [0.05, 0.1) is 6.10 Å². The molecular formula is C18H19NO2. The Morgan fingerprint density at radius 1 is 1.10 bits per heavy atom. The third-order valence-corrected chi connectivity index (χ3v) is 4.93. The first kappa shape index (κ1) is 12.7. The smallest absolute Gasteiger partial charge is 0.135 e. The van der Waals surface area contributed by atoms with Crippen LogP contribution in [0.3, 0.4) is 0 Å². The first-order valence-corrected chi connectivity index (χ1v) is 7.41. The lowest BCUT2D eigenvalue weighted by atomic mass is 9.64. The standard InChI is InChI=1S/C18H19NO2/c1-18(2)16(10-17(18)20)19-11-7-8-15-13(9-11)12-5-3-4-6-14(12)21-15/h3-9,16-17,19-20H,10H2,1-2H3. The van der Waals surface area contributed by atoms with Crippen LogP contribution in [-0.4, -0.2) is 17.3 Å². The molecule has 108 valence electrons. The van der Waals surface area contributed by atoms with E-state index in [1.165, 1.54) is 0 Å². The van der Waals surface area contributed by atoms with Gasteiger partial charge in [-0.15, -0.1) is 0 Å². The second kappa shape index (κ2) is 4.25. The van der Waals surface area contributed by atoms with Gasteiger partial charge in [-0.1, -0.05) is 32.0 Å². The van der Waals surface area contributed by atoms with Crippen LogP contribution in [-0.2, 0) is 0 Å². The van der Waals surface area contributed by atoms with Gasteiger partial charge in [0.15, 0.2) is 0 Å². The van der Waals surface area contributed by atoms with Gasteiger partial charge in [-0.25, -0.2) is 0 Å². The molecule has 3 aromatic rings. The summed E-state index contributed by atoms with van der Waals surface area (Å²) in [6, 6.07) is 14.6. The first-order chi connectivity index (χ1) is 10.1. The Kier molecular flexibility index (Phi) is 2.57. The Balaban J connectivity index is 1.72. The lowest BCUT2D eigenvalue weighted by Crippen LogP contribution is -2.56. The molecule has 1 aliphatic carbocycles. The molecule has 0 bridgehead atoms. The van der Waals surface area contributed by atoms with Crippen LogP contribution in [0.2, 0.25) is 0 Å². The van der Waals surface area contributed by atoms with Crippen LogP contribution >= 0.6 is 0 Å². The number of benzene rings is 2. The number of furan rings is 1. The maximum Gasteiger partial charge on any atom is 0.135 e. The Hall–Kier alpha value is -2.00. The molecule has 1 fully saturated rings. The lowest BCUT2D eigenvalue weighted by molar-refractivity contribution is -0.0510. The molecule has 1 aliphatic rings. The highest BCUT2D eigenvalue weighted by atomic mass is 16.3. The Bertz CT molecular complexity index is 818. The van der Waals surface area contributed by atoms with E-state index in [1.54, 1.807) is 0 Å². The number of anilines is 1. The first-order valence-electron chi connectivity index (χ1n) is 7.41. The highest BCUT2D eigenvalue weighted by Crippen LogP contribution is 2.42. The van der Waals surface area contributed by atoms with Crippen LogP contribution in [0, 0.1) is 5.41 Å². The molecule has 21 heavy (non-hydrogen) atoms. The SMILES string of the molecule is CC1(C)C(O)CC1Nc1ccc2oc3ccccc3c2c1. The molecule has 2 atom stereocenters. The molecule has 1 saturated carbocycles. The van der Waals surface area contributed by atoms with Gasteiger partial charge < -0.3 is 14.8 Å². The van der Waals surface area contributed by atoms with E-state index >= 15 is 0 Å². The number of fused-ring (bicyclic) bond motifs is 3. The van der Waals surface area contributed by atoms with E-state index < -0.39 is 0 Å². The van der Waals surface area contributed by atoms with E-state index in [1.807, 2.05) is 30.3 Å². The predicted molar refractivity (Wildman–Crippen MR) is 85.5 cm³/mol. The molecule has 2 aromatic carbocycles. The topological polar surface area (TPSA) is 45.4 Å². The van der Waals surface area contributed by atoms with E-state index in [0.717, 1.165) is 34.0 Å². The molecule has 0 aliphatic heterocycles. The van der Waals surface area contributed by atoms with Crippen LogP contribution in [0.1, 0.15) is 20.3 Å². The zero-order valence-corrected chi connectivity index (χ0v) is 12.3. The van der Waals surface area contributed by atoms with Gasteiger partial charge in [0, 0.05) is 27.9 Å². The summed E-state index contributed by atoms with van der Waals surface area (Å²) < 4.78 is 5.84. The van der Waals surface area contributed by atoms with Crippen LogP contribution in [0.5, 0.6) is 0 Å². The number of rotatable bonds is 2. The molecule has 0 amide bonds. The number of hydrogen-bond acceptors (Lipinski definition) is 3. The molecule has 1 aromatic heterocycles. The fourth-order valence-corrected chi connectivity index (χ4v) is 3.16. The normalized spacial score (nSPS) is 24.1. The second-order valence-electron chi connectivity index (χ2n) is 6.58. The third-order valence-electron chi connectivity index (χ3n) is 4.93. The van der Waals surface area contributed by atoms with Crippen molar-refractivity contribution < 1.29 is 9.52 Å². The van der Waals surface area contributed by atoms with Gasteiger partial charge >= 0.3 is 0 Å². The number of aliphatic hydroxyl groups excluding tert-OH is 1. The molecule has 2 N–H and O–H groups in total. The van der Waals surface area contributed by atoms with E-state index in [0.29, 0.717) is 6.04 Å². The number of para-hydroxylation sites is 1. The van der Waals surface area contributed by atoms with Crippen LogP contribution in [0.25, 0.3) is 21.9 Å². The summed E-state index contributed by atoms with van der Waals surface area (Å²) in [6.07, 6.45) is 0.588. The van der Waals surface area contributed by atoms with Crippen LogP contribution in [0.15, 0.2) is 46.9 Å². The van der Waals surface area contributed by atoms with Crippen molar-refractivity contribution >= 4 is 27.6 Å².